The van der Waals surface area contributed by atoms with Crippen molar-refractivity contribution < 1.29 is 8.42 Å². The van der Waals surface area contributed by atoms with Gasteiger partial charge in [-0.25, -0.2) is 8.42 Å². The van der Waals surface area contributed by atoms with E-state index in [4.69, 9.17) is 0 Å². The van der Waals surface area contributed by atoms with Gasteiger partial charge in [-0.2, -0.15) is 0 Å². The molecule has 0 bridgehead atoms. The Morgan fingerprint density at radius 2 is 1.71 bits per heavy atom. The van der Waals surface area contributed by atoms with Crippen LogP contribution in [0, 0.1) is 5.92 Å². The number of hydrogen-bond donors (Lipinski definition) is 3. The summed E-state index contributed by atoms with van der Waals surface area (Å²) >= 11 is 0. The molecule has 2 rings (SSSR count). The highest BCUT2D eigenvalue weighted by Gasteiger charge is 2.12. The van der Waals surface area contributed by atoms with Gasteiger partial charge in [0, 0.05) is 17.9 Å². The molecule has 0 amide bonds. The van der Waals surface area contributed by atoms with Crippen molar-refractivity contribution in [2.24, 2.45) is 5.92 Å². The number of nitrogens with one attached hydrogen (secondary N) is 3. The first-order valence-electron chi connectivity index (χ1n) is 7.14. The van der Waals surface area contributed by atoms with E-state index in [0.717, 1.165) is 31.2 Å². The lowest BCUT2D eigenvalue weighted by atomic mass is 9.98. The maximum Gasteiger partial charge on any atom is 0.232 e. The zero-order valence-electron chi connectivity index (χ0n) is 12.3. The van der Waals surface area contributed by atoms with Crippen molar-refractivity contribution in [1.82, 2.24) is 5.32 Å². The molecule has 0 atom stereocenters. The van der Waals surface area contributed by atoms with E-state index in [2.05, 4.69) is 15.4 Å². The van der Waals surface area contributed by atoms with Crippen molar-refractivity contribution in [3.8, 4) is 0 Å². The summed E-state index contributed by atoms with van der Waals surface area (Å²) in [4.78, 5) is 0. The summed E-state index contributed by atoms with van der Waals surface area (Å²) in [7, 11) is -3.19. The fourth-order valence-electron chi connectivity index (χ4n) is 2.26. The molecule has 1 aromatic carbocycles. The molecule has 1 saturated heterocycles. The fourth-order valence-corrected chi connectivity index (χ4v) is 2.90. The minimum Gasteiger partial charge on any atom is -0.385 e. The standard InChI is InChI=1S/C14H23N3O2S.ClH/c1-2-20(18,19)17-14-5-3-13(4-6-14)16-11-12-7-9-15-10-8-12;/h3-6,12,15-17H,2,7-11H2,1H3;1H. The van der Waals surface area contributed by atoms with Crippen molar-refractivity contribution in [3.63, 3.8) is 0 Å². The highest BCUT2D eigenvalue weighted by molar-refractivity contribution is 7.92. The Balaban J connectivity index is 0.00000220. The van der Waals surface area contributed by atoms with Crippen molar-refractivity contribution in [3.05, 3.63) is 24.3 Å². The van der Waals surface area contributed by atoms with Crippen LogP contribution in [0.1, 0.15) is 19.8 Å². The summed E-state index contributed by atoms with van der Waals surface area (Å²) < 4.78 is 25.4. The van der Waals surface area contributed by atoms with Crippen molar-refractivity contribution in [2.45, 2.75) is 19.8 Å². The second kappa shape index (κ2) is 8.46. The summed E-state index contributed by atoms with van der Waals surface area (Å²) in [6, 6.07) is 7.40. The lowest BCUT2D eigenvalue weighted by Gasteiger charge is -2.23. The van der Waals surface area contributed by atoms with E-state index in [1.54, 1.807) is 19.1 Å². The van der Waals surface area contributed by atoms with E-state index < -0.39 is 10.0 Å². The van der Waals surface area contributed by atoms with E-state index >= 15 is 0 Å². The Morgan fingerprint density at radius 3 is 2.29 bits per heavy atom. The van der Waals surface area contributed by atoms with Crippen LogP contribution < -0.4 is 15.4 Å². The van der Waals surface area contributed by atoms with Crippen LogP contribution in [0.15, 0.2) is 24.3 Å². The highest BCUT2D eigenvalue weighted by Crippen LogP contribution is 2.17. The molecule has 0 unspecified atom stereocenters. The summed E-state index contributed by atoms with van der Waals surface area (Å²) in [6.07, 6.45) is 2.42. The predicted octanol–water partition coefficient (Wildman–Crippen LogP) is 2.28. The average Bonchev–Trinajstić information content (AvgIpc) is 2.47. The first-order chi connectivity index (χ1) is 9.59. The quantitative estimate of drug-likeness (QED) is 0.747. The van der Waals surface area contributed by atoms with Crippen LogP contribution in [-0.4, -0.2) is 33.8 Å². The van der Waals surface area contributed by atoms with E-state index in [1.165, 1.54) is 12.8 Å². The van der Waals surface area contributed by atoms with Gasteiger partial charge in [0.15, 0.2) is 0 Å². The topological polar surface area (TPSA) is 70.2 Å². The Labute approximate surface area is 133 Å². The van der Waals surface area contributed by atoms with Gasteiger partial charge in [-0.15, -0.1) is 12.4 Å². The number of halogens is 1. The molecule has 21 heavy (non-hydrogen) atoms. The Bertz CT molecular complexity index is 514. The van der Waals surface area contributed by atoms with E-state index in [9.17, 15) is 8.42 Å². The maximum absolute atomic E-state index is 11.5. The van der Waals surface area contributed by atoms with Gasteiger partial charge in [0.2, 0.25) is 10.0 Å². The summed E-state index contributed by atoms with van der Waals surface area (Å²) in [6.45, 7) is 4.80. The van der Waals surface area contributed by atoms with Crippen LogP contribution in [0.3, 0.4) is 0 Å². The molecular weight excluding hydrogens is 310 g/mol. The predicted molar refractivity (Wildman–Crippen MR) is 90.9 cm³/mol. The minimum atomic E-state index is -3.19. The van der Waals surface area contributed by atoms with Crippen LogP contribution in [-0.2, 0) is 10.0 Å². The molecule has 0 aromatic heterocycles. The zero-order valence-corrected chi connectivity index (χ0v) is 13.9. The van der Waals surface area contributed by atoms with Gasteiger partial charge in [0.25, 0.3) is 0 Å². The van der Waals surface area contributed by atoms with Crippen LogP contribution in [0.4, 0.5) is 11.4 Å². The molecule has 1 aromatic rings. The average molecular weight is 334 g/mol. The SMILES string of the molecule is CCS(=O)(=O)Nc1ccc(NCC2CCNCC2)cc1.Cl. The number of anilines is 2. The second-order valence-corrected chi connectivity index (χ2v) is 7.17. The highest BCUT2D eigenvalue weighted by atomic mass is 35.5. The molecule has 0 spiro atoms. The Hall–Kier alpha value is -0.980. The number of rotatable bonds is 6. The smallest absolute Gasteiger partial charge is 0.232 e. The monoisotopic (exact) mass is 333 g/mol. The number of benzene rings is 1. The third-order valence-corrected chi connectivity index (χ3v) is 4.90. The lowest BCUT2D eigenvalue weighted by Crippen LogP contribution is -2.31. The van der Waals surface area contributed by atoms with Gasteiger partial charge in [-0.3, -0.25) is 4.72 Å². The van der Waals surface area contributed by atoms with Crippen LogP contribution in [0.5, 0.6) is 0 Å². The third kappa shape index (κ3) is 6.11. The van der Waals surface area contributed by atoms with Gasteiger partial charge >= 0.3 is 0 Å². The lowest BCUT2D eigenvalue weighted by molar-refractivity contribution is 0.390. The number of hydrogen-bond acceptors (Lipinski definition) is 4. The maximum atomic E-state index is 11.5. The molecule has 5 nitrogen and oxygen atoms in total. The number of sulfonamides is 1. The molecular formula is C14H24ClN3O2S. The van der Waals surface area contributed by atoms with E-state index in [0.29, 0.717) is 5.69 Å². The summed E-state index contributed by atoms with van der Waals surface area (Å²) in [5.74, 6) is 0.803. The van der Waals surface area contributed by atoms with Gasteiger partial charge in [-0.05, 0) is 63.0 Å². The van der Waals surface area contributed by atoms with Crippen molar-refractivity contribution in [1.29, 1.82) is 0 Å². The Morgan fingerprint density at radius 1 is 1.14 bits per heavy atom. The molecule has 1 heterocycles. The van der Waals surface area contributed by atoms with Crippen LogP contribution in [0.2, 0.25) is 0 Å². The van der Waals surface area contributed by atoms with E-state index in [1.807, 2.05) is 12.1 Å². The van der Waals surface area contributed by atoms with Crippen LogP contribution in [0.25, 0.3) is 0 Å². The molecule has 0 aliphatic carbocycles. The van der Waals surface area contributed by atoms with Gasteiger partial charge < -0.3 is 10.6 Å². The number of piperidine rings is 1. The molecule has 3 N–H and O–H groups in total. The van der Waals surface area contributed by atoms with Gasteiger partial charge in [-0.1, -0.05) is 0 Å². The first kappa shape index (κ1) is 18.1. The Kier molecular flexibility index (Phi) is 7.28. The normalized spacial score (nSPS) is 16.0. The molecule has 120 valence electrons. The fraction of sp³-hybridized carbons (Fsp3) is 0.571. The molecule has 0 radical (unpaired) electrons. The summed E-state index contributed by atoms with van der Waals surface area (Å²) in [5.41, 5.74) is 1.64. The zero-order chi connectivity index (χ0) is 14.4. The third-order valence-electron chi connectivity index (χ3n) is 3.59. The first-order valence-corrected chi connectivity index (χ1v) is 8.79. The molecule has 1 aliphatic rings. The summed E-state index contributed by atoms with van der Waals surface area (Å²) in [5, 5.41) is 6.77. The molecule has 7 heteroatoms. The second-order valence-electron chi connectivity index (χ2n) is 5.16. The minimum absolute atomic E-state index is 0. The van der Waals surface area contributed by atoms with Crippen LogP contribution >= 0.6 is 12.4 Å². The molecule has 0 saturated carbocycles. The molecule has 1 fully saturated rings. The van der Waals surface area contributed by atoms with E-state index in [-0.39, 0.29) is 18.2 Å². The van der Waals surface area contributed by atoms with Gasteiger partial charge in [0.1, 0.15) is 0 Å². The van der Waals surface area contributed by atoms with Crippen molar-refractivity contribution in [2.75, 3.05) is 35.4 Å². The van der Waals surface area contributed by atoms with Gasteiger partial charge in [0.05, 0.1) is 5.75 Å². The van der Waals surface area contributed by atoms with Crippen molar-refractivity contribution >= 4 is 33.8 Å². The largest absolute Gasteiger partial charge is 0.385 e. The molecule has 1 aliphatic heterocycles.